The van der Waals surface area contributed by atoms with Crippen LogP contribution < -0.4 is 5.73 Å². The Labute approximate surface area is 121 Å². The minimum atomic E-state index is -0.112. The van der Waals surface area contributed by atoms with E-state index in [-0.39, 0.29) is 17.7 Å². The van der Waals surface area contributed by atoms with E-state index >= 15 is 0 Å². The molecule has 0 aromatic rings. The molecular formula is C14H28N4O2. The Morgan fingerprint density at radius 3 is 2.15 bits per heavy atom. The Kier molecular flexibility index (Phi) is 6.95. The van der Waals surface area contributed by atoms with Gasteiger partial charge in [-0.2, -0.15) is 0 Å². The number of hydrogen-bond donors (Lipinski definition) is 1. The van der Waals surface area contributed by atoms with Crippen LogP contribution in [0.25, 0.3) is 0 Å². The largest absolute Gasteiger partial charge is 0.342 e. The Morgan fingerprint density at radius 2 is 1.70 bits per heavy atom. The fourth-order valence-electron chi connectivity index (χ4n) is 2.41. The third kappa shape index (κ3) is 4.45. The lowest BCUT2D eigenvalue weighted by atomic mass is 10.1. The quantitative estimate of drug-likeness (QED) is 0.720. The minimum Gasteiger partial charge on any atom is -0.342 e. The molecule has 1 fully saturated rings. The summed E-state index contributed by atoms with van der Waals surface area (Å²) >= 11 is 0. The van der Waals surface area contributed by atoms with Gasteiger partial charge in [0.1, 0.15) is 0 Å². The molecule has 0 radical (unpaired) electrons. The fraction of sp³-hybridized carbons (Fsp3) is 0.857. The fourth-order valence-corrected chi connectivity index (χ4v) is 2.41. The molecule has 1 aliphatic rings. The van der Waals surface area contributed by atoms with E-state index in [1.165, 1.54) is 0 Å². The summed E-state index contributed by atoms with van der Waals surface area (Å²) in [5.41, 5.74) is 5.53. The third-order valence-electron chi connectivity index (χ3n) is 3.93. The van der Waals surface area contributed by atoms with Gasteiger partial charge in [-0.05, 0) is 13.8 Å². The molecule has 2 amide bonds. The molecule has 116 valence electrons. The molecule has 0 aromatic heterocycles. The van der Waals surface area contributed by atoms with E-state index in [4.69, 9.17) is 5.73 Å². The molecule has 2 N–H and O–H groups in total. The lowest BCUT2D eigenvalue weighted by Gasteiger charge is -2.36. The number of amides is 2. The molecule has 0 spiro atoms. The summed E-state index contributed by atoms with van der Waals surface area (Å²) in [4.78, 5) is 29.9. The van der Waals surface area contributed by atoms with Crippen molar-refractivity contribution in [1.82, 2.24) is 14.7 Å². The van der Waals surface area contributed by atoms with Crippen molar-refractivity contribution in [2.75, 3.05) is 52.4 Å². The predicted molar refractivity (Wildman–Crippen MR) is 79.2 cm³/mol. The van der Waals surface area contributed by atoms with Crippen molar-refractivity contribution in [3.63, 3.8) is 0 Å². The molecule has 1 aliphatic heterocycles. The molecule has 1 atom stereocenters. The molecule has 1 rings (SSSR count). The molecule has 0 saturated carbocycles. The number of piperazine rings is 1. The average Bonchev–Trinajstić information content (AvgIpc) is 2.47. The van der Waals surface area contributed by atoms with Gasteiger partial charge in [0.05, 0.1) is 6.54 Å². The smallest absolute Gasteiger partial charge is 0.236 e. The number of carbonyl (C=O) groups excluding carboxylic acids is 2. The van der Waals surface area contributed by atoms with Crippen LogP contribution in [-0.2, 0) is 9.59 Å². The summed E-state index contributed by atoms with van der Waals surface area (Å²) in [6.07, 6.45) is 0. The van der Waals surface area contributed by atoms with Crippen LogP contribution in [0.5, 0.6) is 0 Å². The van der Waals surface area contributed by atoms with Crippen LogP contribution in [0.1, 0.15) is 20.8 Å². The second-order valence-electron chi connectivity index (χ2n) is 5.30. The topological polar surface area (TPSA) is 69.9 Å². The summed E-state index contributed by atoms with van der Waals surface area (Å²) in [5, 5.41) is 0. The molecule has 1 unspecified atom stereocenters. The van der Waals surface area contributed by atoms with Gasteiger partial charge in [-0.25, -0.2) is 0 Å². The lowest BCUT2D eigenvalue weighted by molar-refractivity contribution is -0.137. The molecule has 0 aromatic carbocycles. The van der Waals surface area contributed by atoms with Crippen molar-refractivity contribution in [3.05, 3.63) is 0 Å². The molecule has 6 heteroatoms. The van der Waals surface area contributed by atoms with Crippen LogP contribution in [0.15, 0.2) is 0 Å². The Bertz CT molecular complexity index is 323. The first-order chi connectivity index (χ1) is 9.53. The molecule has 20 heavy (non-hydrogen) atoms. The zero-order valence-corrected chi connectivity index (χ0v) is 13.0. The van der Waals surface area contributed by atoms with Crippen LogP contribution in [-0.4, -0.2) is 78.9 Å². The van der Waals surface area contributed by atoms with Gasteiger partial charge in [-0.1, -0.05) is 6.92 Å². The zero-order chi connectivity index (χ0) is 15.1. The average molecular weight is 284 g/mol. The first-order valence-electron chi connectivity index (χ1n) is 7.52. The first kappa shape index (κ1) is 16.9. The summed E-state index contributed by atoms with van der Waals surface area (Å²) in [6.45, 7) is 11.1. The van der Waals surface area contributed by atoms with E-state index < -0.39 is 0 Å². The highest BCUT2D eigenvalue weighted by atomic mass is 16.2. The molecule has 1 saturated heterocycles. The van der Waals surface area contributed by atoms with E-state index in [9.17, 15) is 9.59 Å². The molecule has 0 bridgehead atoms. The van der Waals surface area contributed by atoms with Gasteiger partial charge >= 0.3 is 0 Å². The second kappa shape index (κ2) is 8.21. The molecule has 6 nitrogen and oxygen atoms in total. The second-order valence-corrected chi connectivity index (χ2v) is 5.30. The Balaban J connectivity index is 2.39. The molecule has 0 aliphatic carbocycles. The number of nitrogens with zero attached hydrogens (tertiary/aromatic N) is 3. The third-order valence-corrected chi connectivity index (χ3v) is 3.93. The number of hydrogen-bond acceptors (Lipinski definition) is 4. The number of likely N-dealkylation sites (N-methyl/N-ethyl adjacent to an activating group) is 1. The Morgan fingerprint density at radius 1 is 1.15 bits per heavy atom. The predicted octanol–water partition coefficient (Wildman–Crippen LogP) is -0.406. The highest BCUT2D eigenvalue weighted by Gasteiger charge is 2.25. The zero-order valence-electron chi connectivity index (χ0n) is 13.0. The van der Waals surface area contributed by atoms with Gasteiger partial charge in [-0.15, -0.1) is 0 Å². The van der Waals surface area contributed by atoms with Crippen LogP contribution in [0, 0.1) is 5.92 Å². The highest BCUT2D eigenvalue weighted by Crippen LogP contribution is 2.07. The van der Waals surface area contributed by atoms with Crippen LogP contribution in [0.2, 0.25) is 0 Å². The Hall–Kier alpha value is -1.14. The van der Waals surface area contributed by atoms with E-state index in [0.29, 0.717) is 26.2 Å². The molecular weight excluding hydrogens is 256 g/mol. The van der Waals surface area contributed by atoms with Crippen LogP contribution in [0.3, 0.4) is 0 Å². The normalized spacial score (nSPS) is 17.9. The van der Waals surface area contributed by atoms with Crippen molar-refractivity contribution in [2.45, 2.75) is 20.8 Å². The maximum absolute atomic E-state index is 12.0. The van der Waals surface area contributed by atoms with Crippen molar-refractivity contribution in [2.24, 2.45) is 11.7 Å². The maximum atomic E-state index is 12.0. The van der Waals surface area contributed by atoms with Crippen LogP contribution >= 0.6 is 0 Å². The van der Waals surface area contributed by atoms with E-state index in [0.717, 1.165) is 26.2 Å². The van der Waals surface area contributed by atoms with Crippen molar-refractivity contribution < 1.29 is 9.59 Å². The van der Waals surface area contributed by atoms with Gasteiger partial charge in [0.25, 0.3) is 0 Å². The summed E-state index contributed by atoms with van der Waals surface area (Å²) in [5.74, 6) is 0.186. The summed E-state index contributed by atoms with van der Waals surface area (Å²) in [7, 11) is 0. The number of nitrogens with two attached hydrogens (primary N) is 1. The van der Waals surface area contributed by atoms with Crippen LogP contribution in [0.4, 0.5) is 0 Å². The van der Waals surface area contributed by atoms with Gasteiger partial charge in [0.15, 0.2) is 0 Å². The summed E-state index contributed by atoms with van der Waals surface area (Å²) in [6, 6.07) is 0. The first-order valence-corrected chi connectivity index (χ1v) is 7.52. The minimum absolute atomic E-state index is 0.112. The summed E-state index contributed by atoms with van der Waals surface area (Å²) < 4.78 is 0. The monoisotopic (exact) mass is 284 g/mol. The van der Waals surface area contributed by atoms with Crippen molar-refractivity contribution in [3.8, 4) is 0 Å². The van der Waals surface area contributed by atoms with Gasteiger partial charge in [0, 0.05) is 51.7 Å². The SMILES string of the molecule is CCN(CC)C(=O)CN1CCN(C(=O)C(C)CN)CC1. The van der Waals surface area contributed by atoms with Crippen molar-refractivity contribution in [1.29, 1.82) is 0 Å². The maximum Gasteiger partial charge on any atom is 0.236 e. The molecule has 1 heterocycles. The van der Waals surface area contributed by atoms with Gasteiger partial charge in [-0.3, -0.25) is 14.5 Å². The number of rotatable bonds is 6. The van der Waals surface area contributed by atoms with E-state index in [1.807, 2.05) is 30.6 Å². The standard InChI is InChI=1S/C14H28N4O2/c1-4-17(5-2)13(19)11-16-6-8-18(9-7-16)14(20)12(3)10-15/h12H,4-11,15H2,1-3H3. The van der Waals surface area contributed by atoms with Crippen molar-refractivity contribution >= 4 is 11.8 Å². The van der Waals surface area contributed by atoms with E-state index in [1.54, 1.807) is 0 Å². The van der Waals surface area contributed by atoms with E-state index in [2.05, 4.69) is 4.90 Å². The van der Waals surface area contributed by atoms with Gasteiger partial charge in [0.2, 0.25) is 11.8 Å². The highest BCUT2D eigenvalue weighted by molar-refractivity contribution is 5.79. The lowest BCUT2D eigenvalue weighted by Crippen LogP contribution is -2.53. The van der Waals surface area contributed by atoms with Gasteiger partial charge < -0.3 is 15.5 Å². The number of carbonyl (C=O) groups is 2.